The molecule has 0 aliphatic heterocycles. The lowest BCUT2D eigenvalue weighted by atomic mass is 10.1. The highest BCUT2D eigenvalue weighted by Crippen LogP contribution is 2.18. The molecule has 1 aromatic rings. The van der Waals surface area contributed by atoms with E-state index in [1.165, 1.54) is 6.26 Å². The molecule has 0 N–H and O–H groups in total. The van der Waals surface area contributed by atoms with Gasteiger partial charge in [0.1, 0.15) is 15.6 Å². The number of ketones is 1. The average molecular weight is 299 g/mol. The molecule has 112 valence electrons. The van der Waals surface area contributed by atoms with Crippen LogP contribution in [0, 0.1) is 0 Å². The van der Waals surface area contributed by atoms with Gasteiger partial charge in [-0.2, -0.15) is 0 Å². The number of para-hydroxylation sites is 1. The molecule has 0 saturated carbocycles. The summed E-state index contributed by atoms with van der Waals surface area (Å²) >= 11 is 0. The molecule has 5 nitrogen and oxygen atoms in total. The summed E-state index contributed by atoms with van der Waals surface area (Å²) in [6.45, 7) is 2.86. The summed E-state index contributed by atoms with van der Waals surface area (Å²) in [5.74, 6) is 0.533. The van der Waals surface area contributed by atoms with Crippen LogP contribution in [0.2, 0.25) is 0 Å². The summed E-state index contributed by atoms with van der Waals surface area (Å²) in [4.78, 5) is 13.9. The van der Waals surface area contributed by atoms with Gasteiger partial charge in [-0.25, -0.2) is 8.42 Å². The van der Waals surface area contributed by atoms with Crippen molar-refractivity contribution >= 4 is 15.6 Å². The van der Waals surface area contributed by atoms with Crippen LogP contribution in [0.25, 0.3) is 0 Å². The lowest BCUT2D eigenvalue weighted by Crippen LogP contribution is -2.30. The number of hydrogen-bond donors (Lipinski definition) is 0. The van der Waals surface area contributed by atoms with E-state index in [-0.39, 0.29) is 18.1 Å². The fourth-order valence-electron chi connectivity index (χ4n) is 1.71. The first kappa shape index (κ1) is 16.7. The highest BCUT2D eigenvalue weighted by molar-refractivity contribution is 7.90. The van der Waals surface area contributed by atoms with Crippen LogP contribution in [0.4, 0.5) is 0 Å². The molecule has 6 heteroatoms. The Kier molecular flexibility index (Phi) is 6.16. The molecule has 0 heterocycles. The van der Waals surface area contributed by atoms with Crippen molar-refractivity contribution in [1.82, 2.24) is 4.90 Å². The van der Waals surface area contributed by atoms with Crippen molar-refractivity contribution in [2.45, 2.75) is 6.92 Å². The molecule has 1 aromatic carbocycles. The molecule has 0 spiro atoms. The summed E-state index contributed by atoms with van der Waals surface area (Å²) in [6, 6.07) is 7.08. The third-order valence-corrected chi connectivity index (χ3v) is 3.67. The van der Waals surface area contributed by atoms with Crippen molar-refractivity contribution in [3.8, 4) is 5.75 Å². The van der Waals surface area contributed by atoms with Gasteiger partial charge in [0.05, 0.1) is 24.5 Å². The third kappa shape index (κ3) is 5.71. The number of carbonyl (C=O) groups excluding carboxylic acids is 1. The molecule has 0 aliphatic rings. The Morgan fingerprint density at radius 2 is 1.95 bits per heavy atom. The van der Waals surface area contributed by atoms with Gasteiger partial charge < -0.3 is 4.74 Å². The van der Waals surface area contributed by atoms with Gasteiger partial charge in [-0.15, -0.1) is 0 Å². The first-order valence-corrected chi connectivity index (χ1v) is 8.51. The quantitative estimate of drug-likeness (QED) is 0.676. The Balaban J connectivity index is 2.67. The number of hydrogen-bond acceptors (Lipinski definition) is 5. The molecular weight excluding hydrogens is 278 g/mol. The van der Waals surface area contributed by atoms with E-state index in [4.69, 9.17) is 4.74 Å². The van der Waals surface area contributed by atoms with Crippen molar-refractivity contribution in [3.63, 3.8) is 0 Å². The minimum atomic E-state index is -3.01. The first-order valence-electron chi connectivity index (χ1n) is 6.44. The molecule has 0 amide bonds. The number of sulfone groups is 1. The van der Waals surface area contributed by atoms with Crippen LogP contribution in [0.3, 0.4) is 0 Å². The number of likely N-dealkylation sites (N-methyl/N-ethyl adjacent to an activating group) is 1. The van der Waals surface area contributed by atoms with Crippen LogP contribution in [0.1, 0.15) is 17.3 Å². The second-order valence-corrected chi connectivity index (χ2v) is 6.98. The third-order valence-electron chi connectivity index (χ3n) is 2.74. The van der Waals surface area contributed by atoms with E-state index in [1.807, 2.05) is 13.0 Å². The minimum absolute atomic E-state index is 0.0455. The maximum atomic E-state index is 12.2. The largest absolute Gasteiger partial charge is 0.493 e. The lowest BCUT2D eigenvalue weighted by Gasteiger charge is -2.16. The predicted molar refractivity (Wildman–Crippen MR) is 79.1 cm³/mol. The zero-order valence-electron chi connectivity index (χ0n) is 12.1. The predicted octanol–water partition coefficient (Wildman–Crippen LogP) is 1.24. The van der Waals surface area contributed by atoms with Gasteiger partial charge >= 0.3 is 0 Å². The summed E-state index contributed by atoms with van der Waals surface area (Å²) in [5.41, 5.74) is 0.528. The molecule has 0 fully saturated rings. The van der Waals surface area contributed by atoms with E-state index >= 15 is 0 Å². The van der Waals surface area contributed by atoms with Gasteiger partial charge in [-0.3, -0.25) is 9.69 Å². The Labute approximate surface area is 120 Å². The molecule has 0 saturated heterocycles. The van der Waals surface area contributed by atoms with Gasteiger partial charge in [0, 0.05) is 12.8 Å². The van der Waals surface area contributed by atoms with E-state index in [9.17, 15) is 13.2 Å². The van der Waals surface area contributed by atoms with Crippen LogP contribution in [0.15, 0.2) is 24.3 Å². The fourth-order valence-corrected chi connectivity index (χ4v) is 2.35. The molecular formula is C14H21NO4S. The number of carbonyl (C=O) groups is 1. The SMILES string of the molecule is CCOc1ccccc1C(=O)CN(C)CCS(C)(=O)=O. The molecule has 0 radical (unpaired) electrons. The highest BCUT2D eigenvalue weighted by Gasteiger charge is 2.15. The number of rotatable bonds is 8. The molecule has 20 heavy (non-hydrogen) atoms. The van der Waals surface area contributed by atoms with Crippen molar-refractivity contribution in [1.29, 1.82) is 0 Å². The van der Waals surface area contributed by atoms with Crippen LogP contribution in [0.5, 0.6) is 5.75 Å². The van der Waals surface area contributed by atoms with Crippen molar-refractivity contribution < 1.29 is 17.9 Å². The Morgan fingerprint density at radius 1 is 1.30 bits per heavy atom. The summed E-state index contributed by atoms with van der Waals surface area (Å²) < 4.78 is 27.6. The molecule has 0 unspecified atom stereocenters. The van der Waals surface area contributed by atoms with Gasteiger partial charge in [-0.05, 0) is 26.1 Å². The Morgan fingerprint density at radius 3 is 2.55 bits per heavy atom. The van der Waals surface area contributed by atoms with Crippen molar-refractivity contribution in [3.05, 3.63) is 29.8 Å². The molecule has 0 atom stereocenters. The summed E-state index contributed by atoms with van der Waals surface area (Å²) in [7, 11) is -1.29. The average Bonchev–Trinajstić information content (AvgIpc) is 2.36. The number of nitrogens with zero attached hydrogens (tertiary/aromatic N) is 1. The normalized spacial score (nSPS) is 11.6. The van der Waals surface area contributed by atoms with Crippen molar-refractivity contribution in [2.75, 3.05) is 38.8 Å². The van der Waals surface area contributed by atoms with E-state index < -0.39 is 9.84 Å². The first-order chi connectivity index (χ1) is 9.33. The van der Waals surface area contributed by atoms with Crippen molar-refractivity contribution in [2.24, 2.45) is 0 Å². The Bertz CT molecular complexity index is 554. The Hall–Kier alpha value is -1.40. The highest BCUT2D eigenvalue weighted by atomic mass is 32.2. The van der Waals surface area contributed by atoms with Crippen LogP contribution in [-0.2, 0) is 9.84 Å². The second kappa shape index (κ2) is 7.40. The molecule has 0 aliphatic carbocycles. The van der Waals surface area contributed by atoms with E-state index in [2.05, 4.69) is 0 Å². The fraction of sp³-hybridized carbons (Fsp3) is 0.500. The zero-order valence-corrected chi connectivity index (χ0v) is 12.9. The number of Topliss-reactive ketones (excluding diaryl/α,β-unsaturated/α-hetero) is 1. The van der Waals surface area contributed by atoms with Crippen LogP contribution >= 0.6 is 0 Å². The number of benzene rings is 1. The van der Waals surface area contributed by atoms with Gasteiger partial charge in [0.15, 0.2) is 5.78 Å². The van der Waals surface area contributed by atoms with E-state index in [0.717, 1.165) is 0 Å². The summed E-state index contributed by atoms with van der Waals surface area (Å²) in [6.07, 6.45) is 1.19. The maximum Gasteiger partial charge on any atom is 0.180 e. The van der Waals surface area contributed by atoms with Gasteiger partial charge in [0.2, 0.25) is 0 Å². The van der Waals surface area contributed by atoms with Crippen LogP contribution in [-0.4, -0.2) is 57.9 Å². The lowest BCUT2D eigenvalue weighted by molar-refractivity contribution is 0.0945. The topological polar surface area (TPSA) is 63.7 Å². The molecule has 1 rings (SSSR count). The van der Waals surface area contributed by atoms with Gasteiger partial charge in [0.25, 0.3) is 0 Å². The van der Waals surface area contributed by atoms with E-state index in [0.29, 0.717) is 24.5 Å². The monoisotopic (exact) mass is 299 g/mol. The minimum Gasteiger partial charge on any atom is -0.493 e. The maximum absolute atomic E-state index is 12.2. The number of ether oxygens (including phenoxy) is 1. The molecule has 0 aromatic heterocycles. The molecule has 0 bridgehead atoms. The second-order valence-electron chi connectivity index (χ2n) is 4.72. The summed E-state index contributed by atoms with van der Waals surface area (Å²) in [5, 5.41) is 0. The van der Waals surface area contributed by atoms with Gasteiger partial charge in [-0.1, -0.05) is 12.1 Å². The van der Waals surface area contributed by atoms with E-state index in [1.54, 1.807) is 30.1 Å². The zero-order chi connectivity index (χ0) is 15.2. The van der Waals surface area contributed by atoms with Crippen LogP contribution < -0.4 is 4.74 Å². The smallest absolute Gasteiger partial charge is 0.180 e. The standard InChI is InChI=1S/C14H21NO4S/c1-4-19-14-8-6-5-7-12(14)13(16)11-15(2)9-10-20(3,17)18/h5-8H,4,9-11H2,1-3H3.